The summed E-state index contributed by atoms with van der Waals surface area (Å²) in [6.45, 7) is -1.19. The molecule has 2 aromatic heterocycles. The van der Waals surface area contributed by atoms with Crippen molar-refractivity contribution in [2.75, 3.05) is 7.05 Å². The molecular formula is C18H20F3N3O2. The largest absolute Gasteiger partial charge is 0.459 e. The Morgan fingerprint density at radius 2 is 2.00 bits per heavy atom. The highest BCUT2D eigenvalue weighted by atomic mass is 19.4. The number of piperidine rings is 1. The van der Waals surface area contributed by atoms with E-state index in [1.54, 1.807) is 12.1 Å². The molecule has 2 aromatic rings. The molecule has 2 bridgehead atoms. The smallest absolute Gasteiger partial charge is 0.406 e. The maximum absolute atomic E-state index is 12.8. The number of hydrogen-bond donors (Lipinski definition) is 0. The third-order valence-electron chi connectivity index (χ3n) is 5.53. The summed E-state index contributed by atoms with van der Waals surface area (Å²) in [5.74, 6) is -0.571. The monoisotopic (exact) mass is 367 g/mol. The molecule has 0 spiro atoms. The van der Waals surface area contributed by atoms with Gasteiger partial charge in [0.15, 0.2) is 0 Å². The fourth-order valence-electron chi connectivity index (χ4n) is 4.27. The second-order valence-corrected chi connectivity index (χ2v) is 7.21. The molecule has 4 rings (SSSR count). The van der Waals surface area contributed by atoms with Gasteiger partial charge in [0.05, 0.1) is 5.56 Å². The molecule has 2 fully saturated rings. The normalized spacial score (nSPS) is 26.4. The molecule has 2 aliphatic rings. The number of carbonyl (C=O) groups excluding carboxylic acids is 1. The summed E-state index contributed by atoms with van der Waals surface area (Å²) in [4.78, 5) is 19.0. The number of nitrogens with zero attached hydrogens (tertiary/aromatic N) is 3. The van der Waals surface area contributed by atoms with E-state index in [-0.39, 0.29) is 17.3 Å². The highest BCUT2D eigenvalue weighted by molar-refractivity contribution is 6.03. The molecule has 0 aromatic carbocycles. The fourth-order valence-corrected chi connectivity index (χ4v) is 4.27. The summed E-state index contributed by atoms with van der Waals surface area (Å²) in [6, 6.07) is 4.04. The molecule has 26 heavy (non-hydrogen) atoms. The van der Waals surface area contributed by atoms with Gasteiger partial charge < -0.3 is 14.2 Å². The average Bonchev–Trinajstić information content (AvgIpc) is 3.00. The van der Waals surface area contributed by atoms with E-state index in [1.807, 2.05) is 0 Å². The lowest BCUT2D eigenvalue weighted by molar-refractivity contribution is -0.140. The molecule has 2 aliphatic heterocycles. The molecule has 0 aliphatic carbocycles. The second kappa shape index (κ2) is 6.26. The van der Waals surface area contributed by atoms with Crippen molar-refractivity contribution in [1.29, 1.82) is 0 Å². The summed E-state index contributed by atoms with van der Waals surface area (Å²) in [5, 5.41) is 0.387. The standard InChI is InChI=1S/C18H20F3N3O2/c1-23-11-4-5-12(23)8-13(7-11)26-17(25)15-9-24(10-18(19,20)21)16-14(15)3-2-6-22-16/h2-3,6,9,11-13H,4-5,7-8,10H2,1H3/t11-,12+,13?. The van der Waals surface area contributed by atoms with Crippen molar-refractivity contribution in [2.24, 2.45) is 0 Å². The van der Waals surface area contributed by atoms with Gasteiger partial charge in [-0.1, -0.05) is 0 Å². The molecule has 8 heteroatoms. The van der Waals surface area contributed by atoms with Crippen LogP contribution in [-0.2, 0) is 11.3 Å². The van der Waals surface area contributed by atoms with Crippen molar-refractivity contribution in [1.82, 2.24) is 14.5 Å². The van der Waals surface area contributed by atoms with Crippen molar-refractivity contribution < 1.29 is 22.7 Å². The Labute approximate surface area is 148 Å². The molecule has 4 heterocycles. The number of hydrogen-bond acceptors (Lipinski definition) is 4. The maximum Gasteiger partial charge on any atom is 0.406 e. The Bertz CT molecular complexity index is 819. The van der Waals surface area contributed by atoms with Gasteiger partial charge in [-0.2, -0.15) is 13.2 Å². The Balaban J connectivity index is 1.57. The van der Waals surface area contributed by atoms with E-state index < -0.39 is 18.7 Å². The second-order valence-electron chi connectivity index (χ2n) is 7.21. The molecule has 0 radical (unpaired) electrons. The first-order chi connectivity index (χ1) is 12.3. The Kier molecular flexibility index (Phi) is 4.17. The van der Waals surface area contributed by atoms with Crippen LogP contribution in [0.15, 0.2) is 24.5 Å². The van der Waals surface area contributed by atoms with E-state index in [2.05, 4.69) is 16.9 Å². The van der Waals surface area contributed by atoms with Gasteiger partial charge in [-0.15, -0.1) is 0 Å². The number of pyridine rings is 1. The van der Waals surface area contributed by atoms with Crippen LogP contribution in [-0.4, -0.2) is 51.8 Å². The summed E-state index contributed by atoms with van der Waals surface area (Å²) in [7, 11) is 2.09. The lowest BCUT2D eigenvalue weighted by Crippen LogP contribution is -2.43. The molecule has 3 atom stereocenters. The quantitative estimate of drug-likeness (QED) is 0.781. The van der Waals surface area contributed by atoms with Gasteiger partial charge in [0.25, 0.3) is 0 Å². The minimum atomic E-state index is -4.39. The molecule has 140 valence electrons. The number of ether oxygens (including phenoxy) is 1. The summed E-state index contributed by atoms with van der Waals surface area (Å²) >= 11 is 0. The minimum absolute atomic E-state index is 0.139. The molecule has 0 N–H and O–H groups in total. The SMILES string of the molecule is CN1[C@@H]2CC[C@H]1CC(OC(=O)c1cn(CC(F)(F)F)c3ncccc13)C2. The van der Waals surface area contributed by atoms with E-state index in [4.69, 9.17) is 4.74 Å². The van der Waals surface area contributed by atoms with Gasteiger partial charge >= 0.3 is 12.1 Å². The van der Waals surface area contributed by atoms with E-state index >= 15 is 0 Å². The Morgan fingerprint density at radius 3 is 2.65 bits per heavy atom. The number of halogens is 3. The predicted molar refractivity (Wildman–Crippen MR) is 88.8 cm³/mol. The first-order valence-corrected chi connectivity index (χ1v) is 8.75. The Morgan fingerprint density at radius 1 is 1.31 bits per heavy atom. The van der Waals surface area contributed by atoms with E-state index in [0.29, 0.717) is 17.5 Å². The third-order valence-corrected chi connectivity index (χ3v) is 5.53. The molecule has 0 saturated carbocycles. The van der Waals surface area contributed by atoms with Crippen LogP contribution in [0.5, 0.6) is 0 Å². The topological polar surface area (TPSA) is 47.4 Å². The summed E-state index contributed by atoms with van der Waals surface area (Å²) in [5.41, 5.74) is 0.281. The van der Waals surface area contributed by atoms with Crippen LogP contribution in [0, 0.1) is 0 Å². The van der Waals surface area contributed by atoms with Crippen molar-refractivity contribution >= 4 is 17.0 Å². The van der Waals surface area contributed by atoms with Gasteiger partial charge in [0.1, 0.15) is 18.3 Å². The third kappa shape index (κ3) is 3.18. The van der Waals surface area contributed by atoms with Crippen LogP contribution in [0.3, 0.4) is 0 Å². The van der Waals surface area contributed by atoms with Crippen LogP contribution in [0.2, 0.25) is 0 Å². The molecule has 2 saturated heterocycles. The first kappa shape index (κ1) is 17.3. The minimum Gasteiger partial charge on any atom is -0.459 e. The van der Waals surface area contributed by atoms with Gasteiger partial charge in [-0.05, 0) is 32.0 Å². The van der Waals surface area contributed by atoms with E-state index in [0.717, 1.165) is 30.3 Å². The van der Waals surface area contributed by atoms with Gasteiger partial charge in [0, 0.05) is 42.7 Å². The van der Waals surface area contributed by atoms with Crippen molar-refractivity contribution in [2.45, 2.75) is 56.6 Å². The van der Waals surface area contributed by atoms with Crippen molar-refractivity contribution in [3.63, 3.8) is 0 Å². The zero-order valence-electron chi connectivity index (χ0n) is 14.4. The van der Waals surface area contributed by atoms with Crippen LogP contribution in [0.1, 0.15) is 36.0 Å². The number of aromatic nitrogens is 2. The highest BCUT2D eigenvalue weighted by Gasteiger charge is 2.40. The van der Waals surface area contributed by atoms with Crippen molar-refractivity contribution in [3.05, 3.63) is 30.1 Å². The van der Waals surface area contributed by atoms with Crippen LogP contribution in [0.4, 0.5) is 13.2 Å². The molecular weight excluding hydrogens is 347 g/mol. The highest BCUT2D eigenvalue weighted by Crippen LogP contribution is 2.36. The van der Waals surface area contributed by atoms with Crippen LogP contribution < -0.4 is 0 Å². The zero-order valence-corrected chi connectivity index (χ0v) is 14.4. The first-order valence-electron chi connectivity index (χ1n) is 8.75. The fraction of sp³-hybridized carbons (Fsp3) is 0.556. The predicted octanol–water partition coefficient (Wildman–Crippen LogP) is 3.38. The number of carbonyl (C=O) groups is 1. The van der Waals surface area contributed by atoms with Gasteiger partial charge in [0.2, 0.25) is 0 Å². The molecule has 5 nitrogen and oxygen atoms in total. The number of fused-ring (bicyclic) bond motifs is 3. The molecule has 1 unspecified atom stereocenters. The molecule has 0 amide bonds. The number of rotatable bonds is 3. The van der Waals surface area contributed by atoms with Gasteiger partial charge in [-0.3, -0.25) is 0 Å². The van der Waals surface area contributed by atoms with Crippen molar-refractivity contribution in [3.8, 4) is 0 Å². The van der Waals surface area contributed by atoms with E-state index in [1.165, 1.54) is 12.4 Å². The zero-order chi connectivity index (χ0) is 18.5. The lowest BCUT2D eigenvalue weighted by Gasteiger charge is -2.35. The van der Waals surface area contributed by atoms with E-state index in [9.17, 15) is 18.0 Å². The summed E-state index contributed by atoms with van der Waals surface area (Å²) < 4.78 is 45.1. The van der Waals surface area contributed by atoms with Crippen LogP contribution in [0.25, 0.3) is 11.0 Å². The van der Waals surface area contributed by atoms with Crippen LogP contribution >= 0.6 is 0 Å². The lowest BCUT2D eigenvalue weighted by atomic mass is 10.0. The van der Waals surface area contributed by atoms with Gasteiger partial charge in [-0.25, -0.2) is 9.78 Å². The summed E-state index contributed by atoms with van der Waals surface area (Å²) in [6.07, 6.45) is 1.80. The number of esters is 1. The Hall–Kier alpha value is -2.09. The maximum atomic E-state index is 12.8. The average molecular weight is 367 g/mol. The number of alkyl halides is 3.